The number of Topliss-reactive ketones (excluding diaryl/α,β-unsaturated/α-hetero) is 1. The average molecular weight is 359 g/mol. The van der Waals surface area contributed by atoms with Gasteiger partial charge >= 0.3 is 0 Å². The Balaban J connectivity index is 1.98. The Bertz CT molecular complexity index is 708. The van der Waals surface area contributed by atoms with Crippen molar-refractivity contribution < 1.29 is 19.2 Å². The van der Waals surface area contributed by atoms with Gasteiger partial charge in [0.25, 0.3) is 0 Å². The van der Waals surface area contributed by atoms with Crippen LogP contribution >= 0.6 is 0 Å². The van der Waals surface area contributed by atoms with Crippen molar-refractivity contribution in [1.82, 2.24) is 9.80 Å². The quantitative estimate of drug-likeness (QED) is 0.743. The molecule has 1 aliphatic heterocycles. The summed E-state index contributed by atoms with van der Waals surface area (Å²) in [5.41, 5.74) is 1.14. The van der Waals surface area contributed by atoms with Gasteiger partial charge in [-0.05, 0) is 19.1 Å². The van der Waals surface area contributed by atoms with Gasteiger partial charge in [0.1, 0.15) is 0 Å². The van der Waals surface area contributed by atoms with Crippen molar-refractivity contribution in [3.8, 4) is 0 Å². The summed E-state index contributed by atoms with van der Waals surface area (Å²) in [5.74, 6) is -0.276. The topological polar surface area (TPSA) is 78.0 Å². The van der Waals surface area contributed by atoms with Gasteiger partial charge in [-0.3, -0.25) is 19.2 Å². The molecule has 140 valence electrons. The minimum absolute atomic E-state index is 0.0187. The molecule has 2 rings (SSSR count). The first-order valence-electron chi connectivity index (χ1n) is 8.72. The number of piperazine rings is 1. The molecular formula is C19H25N3O4. The van der Waals surface area contributed by atoms with Crippen molar-refractivity contribution in [3.63, 3.8) is 0 Å². The van der Waals surface area contributed by atoms with Gasteiger partial charge < -0.3 is 14.7 Å². The first-order valence-corrected chi connectivity index (χ1v) is 8.72. The van der Waals surface area contributed by atoms with Gasteiger partial charge in [0.15, 0.2) is 5.78 Å². The van der Waals surface area contributed by atoms with Crippen LogP contribution in [0.25, 0.3) is 0 Å². The second-order valence-corrected chi connectivity index (χ2v) is 6.41. The number of ketones is 1. The van der Waals surface area contributed by atoms with Gasteiger partial charge in [-0.25, -0.2) is 0 Å². The highest BCUT2D eigenvalue weighted by Gasteiger charge is 2.23. The number of rotatable bonds is 5. The Labute approximate surface area is 153 Å². The van der Waals surface area contributed by atoms with E-state index in [-0.39, 0.29) is 36.5 Å². The maximum atomic E-state index is 12.4. The number of nitrogens with zero attached hydrogens (tertiary/aromatic N) is 3. The second kappa shape index (κ2) is 8.60. The molecule has 0 bridgehead atoms. The van der Waals surface area contributed by atoms with E-state index in [1.54, 1.807) is 34.1 Å². The lowest BCUT2D eigenvalue weighted by Gasteiger charge is -2.34. The molecule has 0 aromatic heterocycles. The van der Waals surface area contributed by atoms with Crippen LogP contribution in [0.2, 0.25) is 0 Å². The van der Waals surface area contributed by atoms with E-state index in [2.05, 4.69) is 0 Å². The maximum absolute atomic E-state index is 12.4. The van der Waals surface area contributed by atoms with E-state index in [0.717, 1.165) is 0 Å². The van der Waals surface area contributed by atoms with Crippen molar-refractivity contribution in [2.24, 2.45) is 0 Å². The summed E-state index contributed by atoms with van der Waals surface area (Å²) >= 11 is 0. The van der Waals surface area contributed by atoms with Crippen LogP contribution in [0.1, 0.15) is 37.6 Å². The zero-order valence-corrected chi connectivity index (χ0v) is 15.5. The molecule has 3 amide bonds. The van der Waals surface area contributed by atoms with Gasteiger partial charge in [-0.1, -0.05) is 12.1 Å². The fraction of sp³-hybridized carbons (Fsp3) is 0.474. The van der Waals surface area contributed by atoms with E-state index in [0.29, 0.717) is 37.4 Å². The summed E-state index contributed by atoms with van der Waals surface area (Å²) in [7, 11) is 0. The lowest BCUT2D eigenvalue weighted by Crippen LogP contribution is -2.50. The molecule has 0 spiro atoms. The summed E-state index contributed by atoms with van der Waals surface area (Å²) in [4.78, 5) is 52.3. The van der Waals surface area contributed by atoms with Crippen LogP contribution in [0.3, 0.4) is 0 Å². The summed E-state index contributed by atoms with van der Waals surface area (Å²) in [6.07, 6.45) is 0.198. The average Bonchev–Trinajstić information content (AvgIpc) is 2.61. The summed E-state index contributed by atoms with van der Waals surface area (Å²) in [6.45, 7) is 6.80. The Morgan fingerprint density at radius 3 is 2.12 bits per heavy atom. The van der Waals surface area contributed by atoms with Crippen molar-refractivity contribution in [2.45, 2.75) is 27.2 Å². The standard InChI is InChI=1S/C19H25N3O4/c1-14(23)17-5-4-6-18(13-17)22(16(3)25)8-7-19(26)21-11-9-20(10-12-21)15(2)24/h4-6,13H,7-12H2,1-3H3. The third-order valence-electron chi connectivity index (χ3n) is 4.57. The molecule has 0 unspecified atom stereocenters. The molecule has 0 radical (unpaired) electrons. The van der Waals surface area contributed by atoms with Crippen LogP contribution in [-0.4, -0.2) is 66.0 Å². The number of anilines is 1. The zero-order chi connectivity index (χ0) is 19.3. The van der Waals surface area contributed by atoms with Crippen molar-refractivity contribution in [1.29, 1.82) is 0 Å². The Hall–Kier alpha value is -2.70. The molecule has 0 N–H and O–H groups in total. The van der Waals surface area contributed by atoms with Gasteiger partial charge in [0, 0.05) is 64.2 Å². The fourth-order valence-electron chi connectivity index (χ4n) is 3.00. The normalized spacial score (nSPS) is 14.1. The molecule has 0 saturated carbocycles. The van der Waals surface area contributed by atoms with E-state index < -0.39 is 0 Å². The third kappa shape index (κ3) is 4.91. The third-order valence-corrected chi connectivity index (χ3v) is 4.57. The van der Waals surface area contributed by atoms with Crippen LogP contribution in [-0.2, 0) is 14.4 Å². The minimum atomic E-state index is -0.181. The molecule has 1 saturated heterocycles. The number of benzene rings is 1. The summed E-state index contributed by atoms with van der Waals surface area (Å²) in [5, 5.41) is 0. The first kappa shape index (κ1) is 19.6. The predicted molar refractivity (Wildman–Crippen MR) is 97.9 cm³/mol. The lowest BCUT2D eigenvalue weighted by atomic mass is 10.1. The van der Waals surface area contributed by atoms with E-state index in [4.69, 9.17) is 0 Å². The molecule has 1 heterocycles. The SMILES string of the molecule is CC(=O)c1cccc(N(CCC(=O)N2CCN(C(C)=O)CC2)C(C)=O)c1. The number of carbonyl (C=O) groups is 4. The number of hydrogen-bond donors (Lipinski definition) is 0. The largest absolute Gasteiger partial charge is 0.339 e. The van der Waals surface area contributed by atoms with Crippen molar-refractivity contribution in [3.05, 3.63) is 29.8 Å². The van der Waals surface area contributed by atoms with Crippen LogP contribution < -0.4 is 4.90 Å². The zero-order valence-electron chi connectivity index (χ0n) is 15.5. The molecule has 1 aliphatic rings. The molecule has 0 aliphatic carbocycles. The number of hydrogen-bond acceptors (Lipinski definition) is 4. The van der Waals surface area contributed by atoms with Gasteiger partial charge in [-0.15, -0.1) is 0 Å². The molecule has 0 atom stereocenters. The molecule has 26 heavy (non-hydrogen) atoms. The molecular weight excluding hydrogens is 334 g/mol. The second-order valence-electron chi connectivity index (χ2n) is 6.41. The molecule has 7 heteroatoms. The van der Waals surface area contributed by atoms with Crippen LogP contribution in [0.5, 0.6) is 0 Å². The highest BCUT2D eigenvalue weighted by molar-refractivity contribution is 5.97. The highest BCUT2D eigenvalue weighted by atomic mass is 16.2. The molecule has 1 aromatic carbocycles. The Morgan fingerprint density at radius 2 is 1.58 bits per heavy atom. The first-order chi connectivity index (χ1) is 12.3. The Morgan fingerprint density at radius 1 is 0.962 bits per heavy atom. The van der Waals surface area contributed by atoms with Crippen LogP contribution in [0.4, 0.5) is 5.69 Å². The van der Waals surface area contributed by atoms with E-state index >= 15 is 0 Å². The van der Waals surface area contributed by atoms with Gasteiger partial charge in [-0.2, -0.15) is 0 Å². The Kier molecular flexibility index (Phi) is 6.49. The monoisotopic (exact) mass is 359 g/mol. The molecule has 1 fully saturated rings. The summed E-state index contributed by atoms with van der Waals surface area (Å²) in [6, 6.07) is 6.85. The van der Waals surface area contributed by atoms with Crippen molar-refractivity contribution in [2.75, 3.05) is 37.6 Å². The minimum Gasteiger partial charge on any atom is -0.339 e. The fourth-order valence-corrected chi connectivity index (χ4v) is 3.00. The van der Waals surface area contributed by atoms with Crippen molar-refractivity contribution >= 4 is 29.2 Å². The summed E-state index contributed by atoms with van der Waals surface area (Å²) < 4.78 is 0. The highest BCUT2D eigenvalue weighted by Crippen LogP contribution is 2.18. The van der Waals surface area contributed by atoms with E-state index in [1.165, 1.54) is 25.7 Å². The smallest absolute Gasteiger partial charge is 0.224 e. The lowest BCUT2D eigenvalue weighted by molar-refractivity contribution is -0.138. The number of carbonyl (C=O) groups excluding carboxylic acids is 4. The predicted octanol–water partition coefficient (Wildman–Crippen LogP) is 1.32. The van der Waals surface area contributed by atoms with Crippen LogP contribution in [0, 0.1) is 0 Å². The van der Waals surface area contributed by atoms with Gasteiger partial charge in [0.2, 0.25) is 17.7 Å². The maximum Gasteiger partial charge on any atom is 0.224 e. The molecule has 1 aromatic rings. The van der Waals surface area contributed by atoms with Crippen LogP contribution in [0.15, 0.2) is 24.3 Å². The van der Waals surface area contributed by atoms with Gasteiger partial charge in [0.05, 0.1) is 0 Å². The van der Waals surface area contributed by atoms with E-state index in [9.17, 15) is 19.2 Å². The number of amides is 3. The molecule has 7 nitrogen and oxygen atoms in total. The van der Waals surface area contributed by atoms with E-state index in [1.807, 2.05) is 0 Å².